The first kappa shape index (κ1) is 17.7. The highest BCUT2D eigenvalue weighted by Gasteiger charge is 2.66. The number of rotatable bonds is 6. The molecule has 2 fully saturated rings. The molecule has 9 nitrogen and oxygen atoms in total. The van der Waals surface area contributed by atoms with Gasteiger partial charge >= 0.3 is 0 Å². The largest absolute Gasteiger partial charge is 0.360 e. The molecule has 4 atom stereocenters. The lowest BCUT2D eigenvalue weighted by Crippen LogP contribution is -2.44. The summed E-state index contributed by atoms with van der Waals surface area (Å²) in [5, 5.41) is 9.44. The quantitative estimate of drug-likeness (QED) is 0.641. The first-order chi connectivity index (χ1) is 12.9. The Hall–Kier alpha value is -2.68. The molecule has 4 heterocycles. The van der Waals surface area contributed by atoms with Crippen molar-refractivity contribution in [3.63, 3.8) is 0 Å². The predicted octanol–water partition coefficient (Wildman–Crippen LogP) is -0.714. The molecule has 2 bridgehead atoms. The number of aromatic amines is 1. The van der Waals surface area contributed by atoms with Gasteiger partial charge in [-0.1, -0.05) is 12.2 Å². The van der Waals surface area contributed by atoms with Crippen molar-refractivity contribution in [1.29, 1.82) is 0 Å². The Labute approximate surface area is 156 Å². The normalized spacial score (nSPS) is 30.7. The lowest BCUT2D eigenvalue weighted by molar-refractivity contribution is -0.142. The third kappa shape index (κ3) is 2.91. The standard InChI is InChI=1S/C18H23N5O4/c1-11(24)19-7-8-23-10-18-5-3-13(27-18)14(15(18)17(23)26)16(25)22(2)9-12-4-6-20-21-12/h3-6,13-15H,7-10H2,1-2H3,(H,19,24)(H,20,21)/t13-,14+,15-,18-/m0/s1. The van der Waals surface area contributed by atoms with Crippen LogP contribution in [-0.2, 0) is 25.7 Å². The first-order valence-electron chi connectivity index (χ1n) is 9.05. The summed E-state index contributed by atoms with van der Waals surface area (Å²) >= 11 is 0. The molecule has 1 aromatic rings. The van der Waals surface area contributed by atoms with Crippen molar-refractivity contribution in [2.24, 2.45) is 11.8 Å². The van der Waals surface area contributed by atoms with Gasteiger partial charge in [-0.25, -0.2) is 0 Å². The smallest absolute Gasteiger partial charge is 0.230 e. The highest BCUT2D eigenvalue weighted by atomic mass is 16.5. The third-order valence-corrected chi connectivity index (χ3v) is 5.56. The Morgan fingerprint density at radius 1 is 1.52 bits per heavy atom. The van der Waals surface area contributed by atoms with E-state index in [0.29, 0.717) is 26.2 Å². The van der Waals surface area contributed by atoms with E-state index in [1.54, 1.807) is 23.0 Å². The van der Waals surface area contributed by atoms with Gasteiger partial charge in [0.15, 0.2) is 0 Å². The second-order valence-electron chi connectivity index (χ2n) is 7.42. The fourth-order valence-electron chi connectivity index (χ4n) is 4.38. The van der Waals surface area contributed by atoms with E-state index in [0.717, 1.165) is 5.69 Å². The van der Waals surface area contributed by atoms with Gasteiger partial charge in [0.2, 0.25) is 17.7 Å². The van der Waals surface area contributed by atoms with Crippen LogP contribution in [0.4, 0.5) is 0 Å². The highest BCUT2D eigenvalue weighted by Crippen LogP contribution is 2.52. The van der Waals surface area contributed by atoms with Gasteiger partial charge in [-0.3, -0.25) is 19.5 Å². The van der Waals surface area contributed by atoms with Crippen LogP contribution in [-0.4, -0.2) is 76.1 Å². The van der Waals surface area contributed by atoms with Crippen molar-refractivity contribution in [2.75, 3.05) is 26.7 Å². The lowest BCUT2D eigenvalue weighted by Gasteiger charge is -2.27. The van der Waals surface area contributed by atoms with Gasteiger partial charge in [-0.15, -0.1) is 0 Å². The number of aromatic nitrogens is 2. The fraction of sp³-hybridized carbons (Fsp3) is 0.556. The molecule has 0 aliphatic carbocycles. The number of hydrogen-bond donors (Lipinski definition) is 2. The number of ether oxygens (including phenoxy) is 1. The number of amides is 3. The summed E-state index contributed by atoms with van der Waals surface area (Å²) in [5.74, 6) is -1.36. The minimum Gasteiger partial charge on any atom is -0.360 e. The van der Waals surface area contributed by atoms with Crippen LogP contribution >= 0.6 is 0 Å². The van der Waals surface area contributed by atoms with Crippen LogP contribution < -0.4 is 5.32 Å². The van der Waals surface area contributed by atoms with Crippen LogP contribution in [0.3, 0.4) is 0 Å². The number of fused-ring (bicyclic) bond motifs is 1. The maximum atomic E-state index is 13.1. The average Bonchev–Trinajstić information content (AvgIpc) is 3.37. The maximum absolute atomic E-state index is 13.1. The van der Waals surface area contributed by atoms with Crippen molar-refractivity contribution < 1.29 is 19.1 Å². The topological polar surface area (TPSA) is 108 Å². The van der Waals surface area contributed by atoms with Gasteiger partial charge in [0.1, 0.15) is 5.60 Å². The summed E-state index contributed by atoms with van der Waals surface area (Å²) in [6, 6.07) is 1.81. The Morgan fingerprint density at radius 2 is 2.33 bits per heavy atom. The summed E-state index contributed by atoms with van der Waals surface area (Å²) in [6.45, 7) is 3.04. The van der Waals surface area contributed by atoms with E-state index in [-0.39, 0.29) is 23.8 Å². The number of carbonyl (C=O) groups excluding carboxylic acids is 3. The summed E-state index contributed by atoms with van der Waals surface area (Å²) in [6.07, 6.45) is 5.10. The minimum absolute atomic E-state index is 0.0829. The van der Waals surface area contributed by atoms with E-state index in [1.807, 2.05) is 18.2 Å². The van der Waals surface area contributed by atoms with E-state index >= 15 is 0 Å². The molecule has 0 unspecified atom stereocenters. The Kier molecular flexibility index (Phi) is 4.26. The number of H-pyrrole nitrogens is 1. The van der Waals surface area contributed by atoms with E-state index < -0.39 is 17.4 Å². The molecule has 2 saturated heterocycles. The molecule has 1 spiro atoms. The number of nitrogens with one attached hydrogen (secondary N) is 2. The Balaban J connectivity index is 1.48. The van der Waals surface area contributed by atoms with Gasteiger partial charge < -0.3 is 19.9 Å². The lowest BCUT2D eigenvalue weighted by atomic mass is 9.76. The second-order valence-corrected chi connectivity index (χ2v) is 7.42. The minimum atomic E-state index is -0.729. The highest BCUT2D eigenvalue weighted by molar-refractivity contribution is 5.93. The summed E-state index contributed by atoms with van der Waals surface area (Å²) in [7, 11) is 1.72. The predicted molar refractivity (Wildman–Crippen MR) is 94.0 cm³/mol. The molecule has 0 saturated carbocycles. The molecule has 1 aromatic heterocycles. The monoisotopic (exact) mass is 373 g/mol. The Morgan fingerprint density at radius 3 is 3.04 bits per heavy atom. The van der Waals surface area contributed by atoms with Gasteiger partial charge in [-0.05, 0) is 6.07 Å². The zero-order chi connectivity index (χ0) is 19.2. The molecule has 3 aliphatic heterocycles. The summed E-state index contributed by atoms with van der Waals surface area (Å²) in [5.41, 5.74) is 0.0995. The van der Waals surface area contributed by atoms with Crippen LogP contribution in [0.25, 0.3) is 0 Å². The number of carbonyl (C=O) groups is 3. The fourth-order valence-corrected chi connectivity index (χ4v) is 4.38. The number of likely N-dealkylation sites (tertiary alicyclic amines) is 1. The SMILES string of the molecule is CC(=O)NCCN1C[C@]23C=C[C@H](O2)[C@@H](C(=O)N(C)Cc2ccn[nH]2)[C@H]3C1=O. The molecule has 144 valence electrons. The van der Waals surface area contributed by atoms with E-state index in [4.69, 9.17) is 4.74 Å². The number of hydrogen-bond acceptors (Lipinski definition) is 5. The van der Waals surface area contributed by atoms with E-state index in [2.05, 4.69) is 15.5 Å². The van der Waals surface area contributed by atoms with Gasteiger partial charge in [-0.2, -0.15) is 5.10 Å². The maximum Gasteiger partial charge on any atom is 0.230 e. The number of nitrogens with zero attached hydrogens (tertiary/aromatic N) is 3. The molecular weight excluding hydrogens is 350 g/mol. The molecule has 2 N–H and O–H groups in total. The molecule has 0 radical (unpaired) electrons. The molecule has 27 heavy (non-hydrogen) atoms. The van der Waals surface area contributed by atoms with Crippen molar-refractivity contribution in [2.45, 2.75) is 25.2 Å². The van der Waals surface area contributed by atoms with Crippen molar-refractivity contribution >= 4 is 17.7 Å². The van der Waals surface area contributed by atoms with Crippen LogP contribution in [0.15, 0.2) is 24.4 Å². The molecule has 0 aromatic carbocycles. The van der Waals surface area contributed by atoms with Gasteiger partial charge in [0.25, 0.3) is 0 Å². The van der Waals surface area contributed by atoms with Crippen molar-refractivity contribution in [3.8, 4) is 0 Å². The molecule has 3 amide bonds. The first-order valence-corrected chi connectivity index (χ1v) is 9.05. The van der Waals surface area contributed by atoms with Crippen LogP contribution in [0.2, 0.25) is 0 Å². The molecule has 9 heteroatoms. The van der Waals surface area contributed by atoms with E-state index in [9.17, 15) is 14.4 Å². The second kappa shape index (κ2) is 6.49. The zero-order valence-electron chi connectivity index (χ0n) is 15.3. The van der Waals surface area contributed by atoms with E-state index in [1.165, 1.54) is 6.92 Å². The zero-order valence-corrected chi connectivity index (χ0v) is 15.3. The van der Waals surface area contributed by atoms with Gasteiger partial charge in [0.05, 0.1) is 36.7 Å². The Bertz CT molecular complexity index is 792. The van der Waals surface area contributed by atoms with Crippen molar-refractivity contribution in [1.82, 2.24) is 25.3 Å². The van der Waals surface area contributed by atoms with Gasteiger partial charge in [0, 0.05) is 33.3 Å². The summed E-state index contributed by atoms with van der Waals surface area (Å²) < 4.78 is 6.10. The average molecular weight is 373 g/mol. The van der Waals surface area contributed by atoms with Crippen LogP contribution in [0.1, 0.15) is 12.6 Å². The summed E-state index contributed by atoms with van der Waals surface area (Å²) in [4.78, 5) is 40.5. The molecule has 4 rings (SSSR count). The third-order valence-electron chi connectivity index (χ3n) is 5.56. The molecular formula is C18H23N5O4. The van der Waals surface area contributed by atoms with Crippen molar-refractivity contribution in [3.05, 3.63) is 30.1 Å². The van der Waals surface area contributed by atoms with Crippen LogP contribution in [0.5, 0.6) is 0 Å². The van der Waals surface area contributed by atoms with Crippen LogP contribution in [0, 0.1) is 11.8 Å². The molecule has 3 aliphatic rings.